The van der Waals surface area contributed by atoms with Gasteiger partial charge >= 0.3 is 0 Å². The predicted octanol–water partition coefficient (Wildman–Crippen LogP) is 3.37. The van der Waals surface area contributed by atoms with Crippen LogP contribution in [0.25, 0.3) is 0 Å². The van der Waals surface area contributed by atoms with Crippen molar-refractivity contribution in [3.8, 4) is 0 Å². The number of anilines is 2. The maximum atomic E-state index is 13.7. The average molecular weight is 338 g/mol. The van der Waals surface area contributed by atoms with Crippen molar-refractivity contribution in [1.82, 2.24) is 0 Å². The second-order valence-corrected chi connectivity index (χ2v) is 7.02. The van der Waals surface area contributed by atoms with Crippen molar-refractivity contribution in [2.24, 2.45) is 0 Å². The van der Waals surface area contributed by atoms with E-state index in [9.17, 15) is 17.2 Å². The van der Waals surface area contributed by atoms with E-state index in [1.165, 1.54) is 0 Å². The van der Waals surface area contributed by atoms with Crippen molar-refractivity contribution in [3.63, 3.8) is 0 Å². The monoisotopic (exact) mass is 338 g/mol. The van der Waals surface area contributed by atoms with Crippen molar-refractivity contribution in [3.05, 3.63) is 54.1 Å². The van der Waals surface area contributed by atoms with Gasteiger partial charge in [-0.3, -0.25) is 4.72 Å². The number of benzene rings is 2. The van der Waals surface area contributed by atoms with Crippen LogP contribution in [0.1, 0.15) is 12.8 Å². The molecule has 1 aliphatic rings. The van der Waals surface area contributed by atoms with Gasteiger partial charge in [0.25, 0.3) is 10.0 Å². The number of halogens is 2. The summed E-state index contributed by atoms with van der Waals surface area (Å²) < 4.78 is 53.9. The largest absolute Gasteiger partial charge is 0.372 e. The van der Waals surface area contributed by atoms with Gasteiger partial charge in [0.15, 0.2) is 4.90 Å². The summed E-state index contributed by atoms with van der Waals surface area (Å²) in [6.07, 6.45) is 2.28. The zero-order valence-electron chi connectivity index (χ0n) is 12.3. The minimum Gasteiger partial charge on any atom is -0.372 e. The molecule has 122 valence electrons. The third kappa shape index (κ3) is 3.29. The first-order valence-corrected chi connectivity index (χ1v) is 8.77. The van der Waals surface area contributed by atoms with E-state index >= 15 is 0 Å². The van der Waals surface area contributed by atoms with Crippen LogP contribution in [0.3, 0.4) is 0 Å². The summed E-state index contributed by atoms with van der Waals surface area (Å²) >= 11 is 0. The number of rotatable bonds is 4. The molecule has 1 fully saturated rings. The number of nitrogens with one attached hydrogen (secondary N) is 1. The number of nitrogens with zero attached hydrogens (tertiary/aromatic N) is 1. The summed E-state index contributed by atoms with van der Waals surface area (Å²) in [5.74, 6) is -2.24. The topological polar surface area (TPSA) is 49.4 Å². The number of hydrogen-bond donors (Lipinski definition) is 1. The van der Waals surface area contributed by atoms with E-state index in [0.29, 0.717) is 0 Å². The van der Waals surface area contributed by atoms with Gasteiger partial charge in [0.1, 0.15) is 11.6 Å². The SMILES string of the molecule is O=S(=O)(Nc1ccc(N2CCCC2)cc1)c1c(F)cccc1F. The van der Waals surface area contributed by atoms with Gasteiger partial charge in [0.05, 0.1) is 0 Å². The van der Waals surface area contributed by atoms with Crippen LogP contribution in [0.5, 0.6) is 0 Å². The van der Waals surface area contributed by atoms with Crippen LogP contribution in [0.2, 0.25) is 0 Å². The quantitative estimate of drug-likeness (QED) is 0.930. The normalized spacial score (nSPS) is 15.0. The third-order valence-corrected chi connectivity index (χ3v) is 5.21. The lowest BCUT2D eigenvalue weighted by Gasteiger charge is -2.18. The standard InChI is InChI=1S/C16H16F2N2O2S/c17-14-4-3-5-15(18)16(14)23(21,22)19-12-6-8-13(9-7-12)20-10-1-2-11-20/h3-9,19H,1-2,10-11H2. The lowest BCUT2D eigenvalue weighted by molar-refractivity contribution is 0.521. The van der Waals surface area contributed by atoms with E-state index in [2.05, 4.69) is 9.62 Å². The van der Waals surface area contributed by atoms with Gasteiger partial charge < -0.3 is 4.90 Å². The maximum Gasteiger partial charge on any atom is 0.267 e. The van der Waals surface area contributed by atoms with Crippen LogP contribution < -0.4 is 9.62 Å². The summed E-state index contributed by atoms with van der Waals surface area (Å²) in [5.41, 5.74) is 1.26. The van der Waals surface area contributed by atoms with Gasteiger partial charge in [-0.15, -0.1) is 0 Å². The summed E-state index contributed by atoms with van der Waals surface area (Å²) in [7, 11) is -4.32. The highest BCUT2D eigenvalue weighted by Crippen LogP contribution is 2.25. The Hall–Kier alpha value is -2.15. The second-order valence-electron chi connectivity index (χ2n) is 5.40. The van der Waals surface area contributed by atoms with E-state index in [1.807, 2.05) is 0 Å². The molecule has 0 saturated carbocycles. The van der Waals surface area contributed by atoms with Crippen LogP contribution >= 0.6 is 0 Å². The molecule has 2 aromatic carbocycles. The minimum atomic E-state index is -4.32. The minimum absolute atomic E-state index is 0.260. The molecule has 4 nitrogen and oxygen atoms in total. The van der Waals surface area contributed by atoms with Crippen LogP contribution in [0, 0.1) is 11.6 Å². The van der Waals surface area contributed by atoms with E-state index in [-0.39, 0.29) is 5.69 Å². The first kappa shape index (κ1) is 15.7. The lowest BCUT2D eigenvalue weighted by Crippen LogP contribution is -2.18. The summed E-state index contributed by atoms with van der Waals surface area (Å²) in [6.45, 7) is 1.96. The van der Waals surface area contributed by atoms with Gasteiger partial charge in [0.2, 0.25) is 0 Å². The summed E-state index contributed by atoms with van der Waals surface area (Å²) in [4.78, 5) is 1.23. The Labute approximate surface area is 133 Å². The summed E-state index contributed by atoms with van der Waals surface area (Å²) in [5, 5.41) is 0. The molecule has 0 aliphatic carbocycles. The molecule has 1 N–H and O–H groups in total. The fourth-order valence-corrected chi connectivity index (χ4v) is 3.86. The van der Waals surface area contributed by atoms with Crippen LogP contribution in [-0.4, -0.2) is 21.5 Å². The Kier molecular flexibility index (Phi) is 4.21. The van der Waals surface area contributed by atoms with Crippen molar-refractivity contribution >= 4 is 21.4 Å². The zero-order chi connectivity index (χ0) is 16.4. The summed E-state index contributed by atoms with van der Waals surface area (Å²) in [6, 6.07) is 9.70. The Morgan fingerprint density at radius 2 is 1.48 bits per heavy atom. The molecule has 0 aromatic heterocycles. The van der Waals surface area contributed by atoms with Crippen molar-refractivity contribution in [2.45, 2.75) is 17.7 Å². The van der Waals surface area contributed by atoms with E-state index in [0.717, 1.165) is 49.8 Å². The Bertz CT molecular complexity index is 781. The molecule has 1 saturated heterocycles. The molecule has 0 amide bonds. The first-order chi connectivity index (χ1) is 11.0. The molecule has 1 aliphatic heterocycles. The maximum absolute atomic E-state index is 13.7. The van der Waals surface area contributed by atoms with E-state index in [4.69, 9.17) is 0 Å². The Morgan fingerprint density at radius 1 is 0.913 bits per heavy atom. The highest BCUT2D eigenvalue weighted by Gasteiger charge is 2.24. The second kappa shape index (κ2) is 6.16. The van der Waals surface area contributed by atoms with Crippen molar-refractivity contribution < 1.29 is 17.2 Å². The molecule has 0 atom stereocenters. The predicted molar refractivity (Wildman–Crippen MR) is 85.1 cm³/mol. The highest BCUT2D eigenvalue weighted by molar-refractivity contribution is 7.92. The van der Waals surface area contributed by atoms with E-state index < -0.39 is 26.6 Å². The Balaban J connectivity index is 1.83. The fraction of sp³-hybridized carbons (Fsp3) is 0.250. The van der Waals surface area contributed by atoms with Gasteiger partial charge in [-0.05, 0) is 49.2 Å². The molecule has 23 heavy (non-hydrogen) atoms. The average Bonchev–Trinajstić information content (AvgIpc) is 3.01. The van der Waals surface area contributed by atoms with E-state index in [1.54, 1.807) is 24.3 Å². The number of sulfonamides is 1. The van der Waals surface area contributed by atoms with Crippen LogP contribution in [-0.2, 0) is 10.0 Å². The molecule has 0 radical (unpaired) electrons. The third-order valence-electron chi connectivity index (χ3n) is 3.78. The lowest BCUT2D eigenvalue weighted by atomic mass is 10.2. The molecule has 7 heteroatoms. The molecule has 1 heterocycles. The molecule has 3 rings (SSSR count). The molecular formula is C16H16F2N2O2S. The molecule has 0 unspecified atom stereocenters. The molecule has 2 aromatic rings. The fourth-order valence-electron chi connectivity index (χ4n) is 2.66. The van der Waals surface area contributed by atoms with Gasteiger partial charge in [0, 0.05) is 24.5 Å². The molecule has 0 bridgehead atoms. The first-order valence-electron chi connectivity index (χ1n) is 7.29. The number of hydrogen-bond acceptors (Lipinski definition) is 3. The molecule has 0 spiro atoms. The van der Waals surface area contributed by atoms with Crippen LogP contribution in [0.4, 0.5) is 20.2 Å². The Morgan fingerprint density at radius 3 is 2.04 bits per heavy atom. The van der Waals surface area contributed by atoms with Crippen molar-refractivity contribution in [1.29, 1.82) is 0 Å². The highest BCUT2D eigenvalue weighted by atomic mass is 32.2. The smallest absolute Gasteiger partial charge is 0.267 e. The van der Waals surface area contributed by atoms with Gasteiger partial charge in [-0.25, -0.2) is 17.2 Å². The van der Waals surface area contributed by atoms with Gasteiger partial charge in [-0.2, -0.15) is 0 Å². The van der Waals surface area contributed by atoms with Crippen molar-refractivity contribution in [2.75, 3.05) is 22.7 Å². The van der Waals surface area contributed by atoms with Gasteiger partial charge in [-0.1, -0.05) is 6.07 Å². The molecular weight excluding hydrogens is 322 g/mol. The zero-order valence-corrected chi connectivity index (χ0v) is 13.1. The van der Waals surface area contributed by atoms with Crippen LogP contribution in [0.15, 0.2) is 47.4 Å².